The van der Waals surface area contributed by atoms with Crippen molar-refractivity contribution in [3.05, 3.63) is 60.2 Å². The van der Waals surface area contributed by atoms with E-state index in [-0.39, 0.29) is 24.8 Å². The molecule has 6 nitrogen and oxygen atoms in total. The van der Waals surface area contributed by atoms with Crippen LogP contribution in [0.2, 0.25) is 0 Å². The second-order valence-electron chi connectivity index (χ2n) is 6.19. The van der Waals surface area contributed by atoms with Crippen molar-refractivity contribution in [1.29, 1.82) is 0 Å². The Labute approximate surface area is 165 Å². The number of benzene rings is 2. The van der Waals surface area contributed by atoms with Gasteiger partial charge in [0.2, 0.25) is 0 Å². The van der Waals surface area contributed by atoms with Crippen LogP contribution in [0.15, 0.2) is 54.6 Å². The number of anilines is 1. The number of halogens is 3. The second-order valence-corrected chi connectivity index (χ2v) is 6.19. The highest BCUT2D eigenvalue weighted by atomic mass is 19.4. The average Bonchev–Trinajstić information content (AvgIpc) is 2.68. The third-order valence-electron chi connectivity index (χ3n) is 4.08. The van der Waals surface area contributed by atoms with Crippen LogP contribution in [0.4, 0.5) is 18.9 Å². The highest BCUT2D eigenvalue weighted by Crippen LogP contribution is 2.24. The topological polar surface area (TPSA) is 87.7 Å². The quantitative estimate of drug-likeness (QED) is 0.584. The highest BCUT2D eigenvalue weighted by Gasteiger charge is 2.31. The van der Waals surface area contributed by atoms with Gasteiger partial charge in [-0.1, -0.05) is 30.3 Å². The standard InChI is InChI=1S/C20H21F3N2O4/c21-20(22,23)29-17-8-6-16(7-9-17)25-19(28)18(27)24-12-10-15(11-13-26)14-4-2-1-3-5-14/h1-9,15,26H,10-13H2,(H,24,27)(H,25,28)/t15-/m0/s1. The summed E-state index contributed by atoms with van der Waals surface area (Å²) in [5.74, 6) is -2.20. The van der Waals surface area contributed by atoms with E-state index in [0.717, 1.165) is 17.7 Å². The van der Waals surface area contributed by atoms with Crippen molar-refractivity contribution in [2.45, 2.75) is 25.1 Å². The van der Waals surface area contributed by atoms with Gasteiger partial charge in [-0.05, 0) is 48.6 Å². The molecule has 2 rings (SSSR count). The van der Waals surface area contributed by atoms with E-state index in [1.165, 1.54) is 12.1 Å². The fraction of sp³-hybridized carbons (Fsp3) is 0.300. The molecule has 0 spiro atoms. The first-order valence-electron chi connectivity index (χ1n) is 8.89. The molecule has 3 N–H and O–H groups in total. The van der Waals surface area contributed by atoms with Crippen molar-refractivity contribution in [2.24, 2.45) is 0 Å². The third kappa shape index (κ3) is 7.82. The number of aliphatic hydroxyl groups excluding tert-OH is 1. The largest absolute Gasteiger partial charge is 0.573 e. The number of alkyl halides is 3. The molecule has 0 aliphatic carbocycles. The van der Waals surface area contributed by atoms with Gasteiger partial charge in [0.1, 0.15) is 5.75 Å². The molecule has 0 fully saturated rings. The minimum atomic E-state index is -4.81. The summed E-state index contributed by atoms with van der Waals surface area (Å²) in [6.45, 7) is 0.228. The number of ether oxygens (including phenoxy) is 1. The molecule has 29 heavy (non-hydrogen) atoms. The molecule has 0 heterocycles. The van der Waals surface area contributed by atoms with Crippen LogP contribution in [0.25, 0.3) is 0 Å². The van der Waals surface area contributed by atoms with Gasteiger partial charge in [-0.2, -0.15) is 0 Å². The van der Waals surface area contributed by atoms with Crippen molar-refractivity contribution in [3.8, 4) is 5.75 Å². The third-order valence-corrected chi connectivity index (χ3v) is 4.08. The van der Waals surface area contributed by atoms with Crippen LogP contribution in [-0.4, -0.2) is 36.4 Å². The van der Waals surface area contributed by atoms with Gasteiger partial charge in [0.05, 0.1) is 0 Å². The van der Waals surface area contributed by atoms with E-state index in [0.29, 0.717) is 12.8 Å². The molecule has 0 bridgehead atoms. The lowest BCUT2D eigenvalue weighted by molar-refractivity contribution is -0.274. The predicted molar refractivity (Wildman–Crippen MR) is 100 cm³/mol. The Morgan fingerprint density at radius 2 is 1.62 bits per heavy atom. The van der Waals surface area contributed by atoms with E-state index < -0.39 is 23.9 Å². The second kappa shape index (κ2) is 10.5. The molecule has 0 unspecified atom stereocenters. The van der Waals surface area contributed by atoms with Gasteiger partial charge in [0.15, 0.2) is 0 Å². The molecule has 0 radical (unpaired) electrons. The molecule has 0 aliphatic heterocycles. The smallest absolute Gasteiger partial charge is 0.406 e. The van der Waals surface area contributed by atoms with E-state index in [1.807, 2.05) is 30.3 Å². The Hall–Kier alpha value is -3.07. The zero-order chi connectivity index (χ0) is 21.3. The zero-order valence-electron chi connectivity index (χ0n) is 15.4. The number of hydrogen-bond donors (Lipinski definition) is 3. The Kier molecular flexibility index (Phi) is 8.02. The first-order valence-corrected chi connectivity index (χ1v) is 8.89. The lowest BCUT2D eigenvalue weighted by Gasteiger charge is -2.16. The molecule has 0 aliphatic rings. The molecule has 0 aromatic heterocycles. The summed E-state index contributed by atoms with van der Waals surface area (Å²) >= 11 is 0. The van der Waals surface area contributed by atoms with E-state index in [2.05, 4.69) is 15.4 Å². The highest BCUT2D eigenvalue weighted by molar-refractivity contribution is 6.39. The summed E-state index contributed by atoms with van der Waals surface area (Å²) in [7, 11) is 0. The fourth-order valence-corrected chi connectivity index (χ4v) is 2.73. The molecule has 2 aromatic carbocycles. The Morgan fingerprint density at radius 1 is 0.966 bits per heavy atom. The van der Waals surface area contributed by atoms with Gasteiger partial charge < -0.3 is 20.5 Å². The number of aliphatic hydroxyl groups is 1. The number of amides is 2. The van der Waals surface area contributed by atoms with E-state index in [9.17, 15) is 27.9 Å². The summed E-state index contributed by atoms with van der Waals surface area (Å²) < 4.78 is 40.1. The van der Waals surface area contributed by atoms with Crippen molar-refractivity contribution in [1.82, 2.24) is 5.32 Å². The maximum absolute atomic E-state index is 12.1. The summed E-state index contributed by atoms with van der Waals surface area (Å²) in [6, 6.07) is 14.0. The Morgan fingerprint density at radius 3 is 2.21 bits per heavy atom. The van der Waals surface area contributed by atoms with Gasteiger partial charge in [-0.25, -0.2) is 0 Å². The van der Waals surface area contributed by atoms with Crippen molar-refractivity contribution in [2.75, 3.05) is 18.5 Å². The Bertz CT molecular complexity index is 796. The molecule has 2 amide bonds. The zero-order valence-corrected chi connectivity index (χ0v) is 15.4. The molecule has 0 saturated carbocycles. The SMILES string of the molecule is O=C(NCC[C@@H](CCO)c1ccccc1)C(=O)Nc1ccc(OC(F)(F)F)cc1. The maximum atomic E-state index is 12.1. The van der Waals surface area contributed by atoms with Gasteiger partial charge in [-0.3, -0.25) is 9.59 Å². The maximum Gasteiger partial charge on any atom is 0.573 e. The molecule has 156 valence electrons. The number of carbonyl (C=O) groups excluding carboxylic acids is 2. The molecule has 0 saturated heterocycles. The van der Waals surface area contributed by atoms with Crippen LogP contribution in [0.1, 0.15) is 24.3 Å². The van der Waals surface area contributed by atoms with Gasteiger partial charge in [0, 0.05) is 18.8 Å². The Balaban J connectivity index is 1.82. The predicted octanol–water partition coefficient (Wildman–Crippen LogP) is 3.20. The van der Waals surface area contributed by atoms with Gasteiger partial charge in [0.25, 0.3) is 0 Å². The van der Waals surface area contributed by atoms with E-state index >= 15 is 0 Å². The van der Waals surface area contributed by atoms with Crippen LogP contribution in [-0.2, 0) is 9.59 Å². The fourth-order valence-electron chi connectivity index (χ4n) is 2.73. The number of nitrogens with one attached hydrogen (secondary N) is 2. The van der Waals surface area contributed by atoms with Crippen LogP contribution >= 0.6 is 0 Å². The molecule has 1 atom stereocenters. The summed E-state index contributed by atoms with van der Waals surface area (Å²) in [6.07, 6.45) is -3.75. The lowest BCUT2D eigenvalue weighted by atomic mass is 9.93. The molecular formula is C20H21F3N2O4. The average molecular weight is 410 g/mol. The molecule has 2 aromatic rings. The summed E-state index contributed by atoms with van der Waals surface area (Å²) in [5, 5.41) is 14.0. The van der Waals surface area contributed by atoms with Crippen LogP contribution in [0.5, 0.6) is 5.75 Å². The van der Waals surface area contributed by atoms with E-state index in [1.54, 1.807) is 0 Å². The number of hydrogen-bond acceptors (Lipinski definition) is 4. The minimum Gasteiger partial charge on any atom is -0.406 e. The van der Waals surface area contributed by atoms with Gasteiger partial charge in [-0.15, -0.1) is 13.2 Å². The van der Waals surface area contributed by atoms with Crippen molar-refractivity contribution in [3.63, 3.8) is 0 Å². The first kappa shape index (κ1) is 22.2. The summed E-state index contributed by atoms with van der Waals surface area (Å²) in [4.78, 5) is 23.9. The number of carbonyl (C=O) groups is 2. The monoisotopic (exact) mass is 410 g/mol. The summed E-state index contributed by atoms with van der Waals surface area (Å²) in [5.41, 5.74) is 1.18. The first-order chi connectivity index (χ1) is 13.8. The van der Waals surface area contributed by atoms with Gasteiger partial charge >= 0.3 is 18.2 Å². The molecular weight excluding hydrogens is 389 g/mol. The van der Waals surface area contributed by atoms with Crippen molar-refractivity contribution >= 4 is 17.5 Å². The lowest BCUT2D eigenvalue weighted by Crippen LogP contribution is -2.36. The van der Waals surface area contributed by atoms with Crippen LogP contribution in [0, 0.1) is 0 Å². The van der Waals surface area contributed by atoms with Crippen LogP contribution < -0.4 is 15.4 Å². The van der Waals surface area contributed by atoms with E-state index in [4.69, 9.17) is 0 Å². The van der Waals surface area contributed by atoms with Crippen molar-refractivity contribution < 1.29 is 32.6 Å². The van der Waals surface area contributed by atoms with Crippen LogP contribution in [0.3, 0.4) is 0 Å². The molecule has 9 heteroatoms. The number of rotatable bonds is 8. The normalized spacial score (nSPS) is 12.1. The minimum absolute atomic E-state index is 0.00203.